The molecule has 0 saturated heterocycles. The Kier molecular flexibility index (Phi) is 1.89. The summed E-state index contributed by atoms with van der Waals surface area (Å²) in [7, 11) is 0. The van der Waals surface area contributed by atoms with Crippen LogP contribution in [0.15, 0.2) is 23.8 Å². The molecule has 0 spiro atoms. The van der Waals surface area contributed by atoms with Crippen molar-refractivity contribution in [2.24, 2.45) is 0 Å². The first-order valence-electron chi connectivity index (χ1n) is 4.73. The van der Waals surface area contributed by atoms with Gasteiger partial charge in [-0.2, -0.15) is 5.10 Å². The molecule has 3 heterocycles. The molecule has 3 nitrogen and oxygen atoms in total. The van der Waals surface area contributed by atoms with Crippen LogP contribution in [0.2, 0.25) is 0 Å². The lowest BCUT2D eigenvalue weighted by atomic mass is 10.0. The second kappa shape index (κ2) is 3.22. The standard InChI is InChI=1S/C10H11N3S/c1-3-11-9(8-5-12-13-6-8)10-7(1)2-4-14-10/h2,4-6,9,11H,1,3H2,(H,12,13). The van der Waals surface area contributed by atoms with E-state index in [9.17, 15) is 0 Å². The minimum atomic E-state index is 0.345. The Hall–Kier alpha value is -1.13. The normalized spacial score (nSPS) is 20.7. The molecule has 1 aliphatic heterocycles. The Morgan fingerprint density at radius 1 is 1.50 bits per heavy atom. The van der Waals surface area contributed by atoms with Gasteiger partial charge in [0.1, 0.15) is 0 Å². The number of aromatic amines is 1. The Bertz CT molecular complexity index is 418. The topological polar surface area (TPSA) is 40.7 Å². The molecule has 1 atom stereocenters. The fourth-order valence-electron chi connectivity index (χ4n) is 1.94. The fourth-order valence-corrected chi connectivity index (χ4v) is 2.99. The smallest absolute Gasteiger partial charge is 0.0704 e. The summed E-state index contributed by atoms with van der Waals surface area (Å²) < 4.78 is 0. The van der Waals surface area contributed by atoms with Crippen LogP contribution in [0.5, 0.6) is 0 Å². The molecule has 0 amide bonds. The van der Waals surface area contributed by atoms with Gasteiger partial charge in [-0.05, 0) is 23.4 Å². The van der Waals surface area contributed by atoms with Crippen molar-refractivity contribution < 1.29 is 0 Å². The van der Waals surface area contributed by atoms with Gasteiger partial charge in [-0.25, -0.2) is 0 Å². The summed E-state index contributed by atoms with van der Waals surface area (Å²) >= 11 is 1.83. The van der Waals surface area contributed by atoms with E-state index in [0.29, 0.717) is 6.04 Å². The van der Waals surface area contributed by atoms with E-state index in [1.165, 1.54) is 16.0 Å². The van der Waals surface area contributed by atoms with Crippen LogP contribution >= 0.6 is 11.3 Å². The van der Waals surface area contributed by atoms with Gasteiger partial charge in [0, 0.05) is 23.2 Å². The van der Waals surface area contributed by atoms with E-state index in [0.717, 1.165) is 13.0 Å². The first-order chi connectivity index (χ1) is 6.95. The third kappa shape index (κ3) is 1.19. The van der Waals surface area contributed by atoms with E-state index in [1.54, 1.807) is 0 Å². The molecule has 0 aliphatic carbocycles. The number of H-pyrrole nitrogens is 1. The number of rotatable bonds is 1. The summed E-state index contributed by atoms with van der Waals surface area (Å²) in [5.74, 6) is 0. The first kappa shape index (κ1) is 8.20. The van der Waals surface area contributed by atoms with Gasteiger partial charge < -0.3 is 5.32 Å². The molecule has 0 saturated carbocycles. The quantitative estimate of drug-likeness (QED) is 0.744. The molecule has 0 radical (unpaired) electrons. The van der Waals surface area contributed by atoms with Crippen LogP contribution in [0.4, 0.5) is 0 Å². The highest BCUT2D eigenvalue weighted by atomic mass is 32.1. The number of thiophene rings is 1. The van der Waals surface area contributed by atoms with E-state index in [1.807, 2.05) is 23.7 Å². The van der Waals surface area contributed by atoms with Gasteiger partial charge >= 0.3 is 0 Å². The number of nitrogens with zero attached hydrogens (tertiary/aromatic N) is 1. The Morgan fingerprint density at radius 3 is 3.36 bits per heavy atom. The minimum Gasteiger partial charge on any atom is -0.305 e. The number of fused-ring (bicyclic) bond motifs is 1. The van der Waals surface area contributed by atoms with Crippen LogP contribution in [0, 0.1) is 0 Å². The maximum Gasteiger partial charge on any atom is 0.0704 e. The van der Waals surface area contributed by atoms with Gasteiger partial charge in [0.15, 0.2) is 0 Å². The number of hydrogen-bond acceptors (Lipinski definition) is 3. The molecule has 0 aromatic carbocycles. The molecule has 0 bridgehead atoms. The maximum absolute atomic E-state index is 3.99. The highest BCUT2D eigenvalue weighted by Crippen LogP contribution is 2.32. The highest BCUT2D eigenvalue weighted by Gasteiger charge is 2.22. The Labute approximate surface area is 86.2 Å². The van der Waals surface area contributed by atoms with Crippen molar-refractivity contribution in [2.45, 2.75) is 12.5 Å². The van der Waals surface area contributed by atoms with E-state index >= 15 is 0 Å². The summed E-state index contributed by atoms with van der Waals surface area (Å²) in [5, 5.41) is 12.5. The van der Waals surface area contributed by atoms with Crippen molar-refractivity contribution in [3.05, 3.63) is 39.8 Å². The zero-order valence-electron chi connectivity index (χ0n) is 7.66. The van der Waals surface area contributed by atoms with Crippen LogP contribution in [0.1, 0.15) is 22.0 Å². The van der Waals surface area contributed by atoms with Crippen LogP contribution in [-0.4, -0.2) is 16.7 Å². The van der Waals surface area contributed by atoms with E-state index in [2.05, 4.69) is 27.0 Å². The molecule has 1 unspecified atom stereocenters. The van der Waals surface area contributed by atoms with Gasteiger partial charge in [0.25, 0.3) is 0 Å². The molecule has 2 aromatic heterocycles. The summed E-state index contributed by atoms with van der Waals surface area (Å²) in [6.45, 7) is 1.06. The number of hydrogen-bond donors (Lipinski definition) is 2. The van der Waals surface area contributed by atoms with Gasteiger partial charge in [-0.3, -0.25) is 5.10 Å². The molecule has 0 fully saturated rings. The Morgan fingerprint density at radius 2 is 2.50 bits per heavy atom. The zero-order chi connectivity index (χ0) is 9.38. The van der Waals surface area contributed by atoms with Crippen molar-refractivity contribution in [1.82, 2.24) is 15.5 Å². The maximum atomic E-state index is 3.99. The van der Waals surface area contributed by atoms with Crippen LogP contribution in [0.25, 0.3) is 0 Å². The molecule has 72 valence electrons. The molecule has 3 rings (SSSR count). The third-order valence-electron chi connectivity index (χ3n) is 2.64. The zero-order valence-corrected chi connectivity index (χ0v) is 8.47. The molecule has 2 aromatic rings. The Balaban J connectivity index is 2.04. The predicted molar refractivity (Wildman–Crippen MR) is 56.5 cm³/mol. The van der Waals surface area contributed by atoms with Gasteiger partial charge in [-0.15, -0.1) is 11.3 Å². The van der Waals surface area contributed by atoms with Crippen molar-refractivity contribution >= 4 is 11.3 Å². The van der Waals surface area contributed by atoms with Gasteiger partial charge in [0.2, 0.25) is 0 Å². The summed E-state index contributed by atoms with van der Waals surface area (Å²) in [4.78, 5) is 1.44. The van der Waals surface area contributed by atoms with Gasteiger partial charge in [-0.1, -0.05) is 0 Å². The molecular weight excluding hydrogens is 194 g/mol. The molecule has 1 aliphatic rings. The average Bonchev–Trinajstić information content (AvgIpc) is 2.88. The summed E-state index contributed by atoms with van der Waals surface area (Å²) in [6.07, 6.45) is 5.01. The van der Waals surface area contributed by atoms with Crippen LogP contribution in [0.3, 0.4) is 0 Å². The van der Waals surface area contributed by atoms with E-state index < -0.39 is 0 Å². The average molecular weight is 205 g/mol. The van der Waals surface area contributed by atoms with Crippen LogP contribution in [-0.2, 0) is 6.42 Å². The summed E-state index contributed by atoms with van der Waals surface area (Å²) in [6, 6.07) is 2.57. The second-order valence-corrected chi connectivity index (χ2v) is 4.43. The van der Waals surface area contributed by atoms with Crippen molar-refractivity contribution in [3.8, 4) is 0 Å². The largest absolute Gasteiger partial charge is 0.305 e. The lowest BCUT2D eigenvalue weighted by Gasteiger charge is -2.22. The first-order valence-corrected chi connectivity index (χ1v) is 5.61. The molecular formula is C10H11N3S. The molecule has 14 heavy (non-hydrogen) atoms. The predicted octanol–water partition coefficient (Wildman–Crippen LogP) is 1.71. The third-order valence-corrected chi connectivity index (χ3v) is 3.66. The lowest BCUT2D eigenvalue weighted by Crippen LogP contribution is -2.28. The second-order valence-electron chi connectivity index (χ2n) is 3.48. The van der Waals surface area contributed by atoms with Crippen molar-refractivity contribution in [3.63, 3.8) is 0 Å². The SMILES string of the molecule is c1cc2c(s1)C(c1cn[nH]c1)NCC2. The monoisotopic (exact) mass is 205 g/mol. The van der Waals surface area contributed by atoms with E-state index in [4.69, 9.17) is 0 Å². The highest BCUT2D eigenvalue weighted by molar-refractivity contribution is 7.10. The van der Waals surface area contributed by atoms with Gasteiger partial charge in [0.05, 0.1) is 12.2 Å². The minimum absolute atomic E-state index is 0.345. The fraction of sp³-hybridized carbons (Fsp3) is 0.300. The molecule has 4 heteroatoms. The van der Waals surface area contributed by atoms with E-state index in [-0.39, 0.29) is 0 Å². The van der Waals surface area contributed by atoms with Crippen molar-refractivity contribution in [1.29, 1.82) is 0 Å². The number of nitrogens with one attached hydrogen (secondary N) is 2. The summed E-state index contributed by atoms with van der Waals surface area (Å²) in [5.41, 5.74) is 2.72. The number of aromatic nitrogens is 2. The van der Waals surface area contributed by atoms with Crippen LogP contribution < -0.4 is 5.32 Å². The lowest BCUT2D eigenvalue weighted by molar-refractivity contribution is 0.578. The molecule has 2 N–H and O–H groups in total. The van der Waals surface area contributed by atoms with Crippen molar-refractivity contribution in [2.75, 3.05) is 6.54 Å².